The van der Waals surface area contributed by atoms with Crippen molar-refractivity contribution in [2.45, 2.75) is 4.90 Å². The van der Waals surface area contributed by atoms with Crippen molar-refractivity contribution in [2.75, 3.05) is 0 Å². The minimum atomic E-state index is -0.589. The first-order valence-corrected chi connectivity index (χ1v) is 4.66. The molecule has 0 aliphatic carbocycles. The second-order valence-electron chi connectivity index (χ2n) is 2.16. The van der Waals surface area contributed by atoms with Gasteiger partial charge in [-0.25, -0.2) is 0 Å². The summed E-state index contributed by atoms with van der Waals surface area (Å²) in [5, 5.41) is 19.1. The van der Waals surface area contributed by atoms with Gasteiger partial charge in [0.25, 0.3) is 5.69 Å². The molecule has 0 saturated heterocycles. The molecule has 0 spiro atoms. The van der Waals surface area contributed by atoms with Gasteiger partial charge in [0.05, 0.1) is 4.92 Å². The van der Waals surface area contributed by atoms with Gasteiger partial charge in [0.2, 0.25) is 0 Å². The monoisotopic (exact) mass is 306 g/mol. The minimum absolute atomic E-state index is 0.0141. The highest BCUT2D eigenvalue weighted by atomic mass is 127. The van der Waals surface area contributed by atoms with Crippen molar-refractivity contribution in [3.05, 3.63) is 31.4 Å². The molecule has 6 heteroatoms. The van der Waals surface area contributed by atoms with Crippen LogP contribution in [-0.4, -0.2) is 4.92 Å². The predicted molar refractivity (Wildman–Crippen MR) is 57.8 cm³/mol. The Bertz CT molecular complexity index is 414. The lowest BCUT2D eigenvalue weighted by molar-refractivity contribution is -0.385. The van der Waals surface area contributed by atoms with Gasteiger partial charge in [0, 0.05) is 14.5 Å². The summed E-state index contributed by atoms with van der Waals surface area (Å²) in [4.78, 5) is 10.2. The van der Waals surface area contributed by atoms with Crippen molar-refractivity contribution in [3.63, 3.8) is 0 Å². The average Bonchev–Trinajstić information content (AvgIpc) is 2.09. The summed E-state index contributed by atoms with van der Waals surface area (Å²) in [7, 11) is 0. The van der Waals surface area contributed by atoms with Crippen molar-refractivity contribution >= 4 is 40.9 Å². The molecule has 0 atom stereocenters. The third-order valence-electron chi connectivity index (χ3n) is 1.42. The van der Waals surface area contributed by atoms with E-state index in [0.717, 1.165) is 3.57 Å². The molecule has 0 bridgehead atoms. The van der Waals surface area contributed by atoms with Crippen LogP contribution in [0.1, 0.15) is 5.56 Å². The van der Waals surface area contributed by atoms with Gasteiger partial charge in [0.15, 0.2) is 0 Å². The highest BCUT2D eigenvalue weighted by Gasteiger charge is 2.17. The van der Waals surface area contributed by atoms with Crippen LogP contribution in [0.15, 0.2) is 17.0 Å². The molecule has 0 radical (unpaired) electrons. The number of nitro benzene ring substituents is 1. The molecule has 1 rings (SSSR count). The van der Waals surface area contributed by atoms with Crippen molar-refractivity contribution < 1.29 is 4.92 Å². The number of halogens is 1. The maximum Gasteiger partial charge on any atom is 0.288 e. The van der Waals surface area contributed by atoms with Gasteiger partial charge in [-0.05, 0) is 28.7 Å². The molecule has 0 N–H and O–H groups in total. The van der Waals surface area contributed by atoms with Crippen LogP contribution < -0.4 is 0 Å². The molecule has 13 heavy (non-hydrogen) atoms. The zero-order valence-corrected chi connectivity index (χ0v) is 9.24. The van der Waals surface area contributed by atoms with Crippen LogP contribution in [0.3, 0.4) is 0 Å². The Labute approximate surface area is 93.3 Å². The summed E-state index contributed by atoms with van der Waals surface area (Å²) in [6.45, 7) is 0. The zero-order chi connectivity index (χ0) is 10.0. The Morgan fingerprint density at radius 1 is 1.62 bits per heavy atom. The van der Waals surface area contributed by atoms with E-state index in [9.17, 15) is 10.1 Å². The van der Waals surface area contributed by atoms with E-state index in [0.29, 0.717) is 4.90 Å². The summed E-state index contributed by atoms with van der Waals surface area (Å²) in [5.41, 5.74) is -0.187. The Morgan fingerprint density at radius 3 is 2.69 bits per heavy atom. The first kappa shape index (κ1) is 10.3. The molecule has 0 saturated carbocycles. The number of benzene rings is 1. The number of nitriles is 1. The van der Waals surface area contributed by atoms with Crippen molar-refractivity contribution in [1.29, 1.82) is 5.26 Å². The first-order chi connectivity index (χ1) is 6.07. The lowest BCUT2D eigenvalue weighted by Crippen LogP contribution is -1.94. The van der Waals surface area contributed by atoms with Crippen LogP contribution in [0.2, 0.25) is 0 Å². The Morgan fingerprint density at radius 2 is 2.23 bits per heavy atom. The second kappa shape index (κ2) is 3.93. The number of nitrogens with zero attached hydrogens (tertiary/aromatic N) is 2. The third-order valence-corrected chi connectivity index (χ3v) is 3.21. The van der Waals surface area contributed by atoms with E-state index in [1.165, 1.54) is 6.07 Å². The molecule has 0 heterocycles. The zero-order valence-electron chi connectivity index (χ0n) is 6.19. The molecule has 66 valence electrons. The van der Waals surface area contributed by atoms with Crippen LogP contribution >= 0.6 is 35.2 Å². The Hall–Kier alpha value is -0.810. The van der Waals surface area contributed by atoms with Crippen molar-refractivity contribution in [2.24, 2.45) is 0 Å². The summed E-state index contributed by atoms with van der Waals surface area (Å²) in [6.07, 6.45) is 0. The number of hydrogen-bond donors (Lipinski definition) is 1. The van der Waals surface area contributed by atoms with Gasteiger partial charge in [-0.2, -0.15) is 5.26 Å². The summed E-state index contributed by atoms with van der Waals surface area (Å²) in [6, 6.07) is 4.63. The number of hydrogen-bond acceptors (Lipinski definition) is 4. The van der Waals surface area contributed by atoms with E-state index >= 15 is 0 Å². The predicted octanol–water partition coefficient (Wildman–Crippen LogP) is 2.36. The largest absolute Gasteiger partial charge is 0.288 e. The standard InChI is InChI=1S/C7H3IN2O2S/c8-5-1-2-6(10(11)12)4(3-9)7(5)13/h1-2,13H. The minimum Gasteiger partial charge on any atom is -0.258 e. The van der Waals surface area contributed by atoms with Crippen LogP contribution in [0.4, 0.5) is 5.69 Å². The van der Waals surface area contributed by atoms with E-state index < -0.39 is 4.92 Å². The molecule has 0 amide bonds. The molecular weight excluding hydrogens is 303 g/mol. The van der Waals surface area contributed by atoms with Gasteiger partial charge in [-0.3, -0.25) is 10.1 Å². The van der Waals surface area contributed by atoms with Crippen LogP contribution in [0, 0.1) is 25.0 Å². The lowest BCUT2D eigenvalue weighted by atomic mass is 10.2. The molecule has 0 unspecified atom stereocenters. The van der Waals surface area contributed by atoms with E-state index in [4.69, 9.17) is 5.26 Å². The van der Waals surface area contributed by atoms with Crippen LogP contribution in [-0.2, 0) is 0 Å². The SMILES string of the molecule is N#Cc1c([N+](=O)[O-])ccc(I)c1S. The first-order valence-electron chi connectivity index (χ1n) is 3.14. The maximum absolute atomic E-state index is 10.5. The molecule has 0 fully saturated rings. The number of rotatable bonds is 1. The highest BCUT2D eigenvalue weighted by molar-refractivity contribution is 14.1. The molecule has 0 aromatic heterocycles. The van der Waals surface area contributed by atoms with E-state index in [1.54, 1.807) is 12.1 Å². The maximum atomic E-state index is 10.5. The smallest absolute Gasteiger partial charge is 0.258 e. The fraction of sp³-hybridized carbons (Fsp3) is 0. The normalized spacial score (nSPS) is 9.31. The summed E-state index contributed by atoms with van der Waals surface area (Å²) in [5.74, 6) is 0. The van der Waals surface area contributed by atoms with Gasteiger partial charge < -0.3 is 0 Å². The molecular formula is C7H3IN2O2S. The topological polar surface area (TPSA) is 66.9 Å². The molecule has 0 aliphatic rings. The second-order valence-corrected chi connectivity index (χ2v) is 3.77. The van der Waals surface area contributed by atoms with Crippen molar-refractivity contribution in [3.8, 4) is 6.07 Å². The van der Waals surface area contributed by atoms with E-state index in [1.807, 2.05) is 22.6 Å². The van der Waals surface area contributed by atoms with Gasteiger partial charge in [-0.1, -0.05) is 0 Å². The third kappa shape index (κ3) is 1.92. The van der Waals surface area contributed by atoms with Gasteiger partial charge in [0.1, 0.15) is 11.6 Å². The Kier molecular flexibility index (Phi) is 3.11. The fourth-order valence-electron chi connectivity index (χ4n) is 0.817. The van der Waals surface area contributed by atoms with Crippen LogP contribution in [0.5, 0.6) is 0 Å². The average molecular weight is 306 g/mol. The van der Waals surface area contributed by atoms with E-state index in [2.05, 4.69) is 12.6 Å². The number of thiol groups is 1. The summed E-state index contributed by atoms with van der Waals surface area (Å²) >= 11 is 5.98. The van der Waals surface area contributed by atoms with Crippen LogP contribution in [0.25, 0.3) is 0 Å². The molecule has 1 aromatic rings. The van der Waals surface area contributed by atoms with E-state index in [-0.39, 0.29) is 11.3 Å². The lowest BCUT2D eigenvalue weighted by Gasteiger charge is -1.99. The number of nitro groups is 1. The quantitative estimate of drug-likeness (QED) is 0.375. The van der Waals surface area contributed by atoms with Gasteiger partial charge in [-0.15, -0.1) is 12.6 Å². The highest BCUT2D eigenvalue weighted by Crippen LogP contribution is 2.28. The molecule has 1 aromatic carbocycles. The molecule has 4 nitrogen and oxygen atoms in total. The molecule has 0 aliphatic heterocycles. The fourth-order valence-corrected chi connectivity index (χ4v) is 1.51. The van der Waals surface area contributed by atoms with Crippen molar-refractivity contribution in [1.82, 2.24) is 0 Å². The summed E-state index contributed by atoms with van der Waals surface area (Å²) < 4.78 is 0.725. The van der Waals surface area contributed by atoms with Gasteiger partial charge >= 0.3 is 0 Å². The Balaban J connectivity index is 3.50.